The van der Waals surface area contributed by atoms with E-state index in [-0.39, 0.29) is 11.6 Å². The Morgan fingerprint density at radius 3 is 2.89 bits per heavy atom. The lowest BCUT2D eigenvalue weighted by atomic mass is 10.1. The van der Waals surface area contributed by atoms with E-state index in [1.807, 2.05) is 6.92 Å². The Hall–Kier alpha value is -1.18. The lowest BCUT2D eigenvalue weighted by Crippen LogP contribution is -2.34. The van der Waals surface area contributed by atoms with E-state index >= 15 is 0 Å². The summed E-state index contributed by atoms with van der Waals surface area (Å²) >= 11 is 0. The van der Waals surface area contributed by atoms with Crippen molar-refractivity contribution in [2.45, 2.75) is 30.9 Å². The minimum Gasteiger partial charge on any atom is -0.389 e. The fraction of sp³-hybridized carbons (Fsp3) is 0.583. The molecule has 19 heavy (non-hydrogen) atoms. The van der Waals surface area contributed by atoms with Gasteiger partial charge in [0.05, 0.1) is 11.3 Å². The molecule has 1 aliphatic rings. The molecule has 1 aromatic rings. The Labute approximate surface area is 113 Å². The summed E-state index contributed by atoms with van der Waals surface area (Å²) in [6, 6.07) is 3.38. The summed E-state index contributed by atoms with van der Waals surface area (Å²) in [5.41, 5.74) is -0.461. The largest absolute Gasteiger partial charge is 0.389 e. The van der Waals surface area contributed by atoms with Crippen molar-refractivity contribution >= 4 is 15.7 Å². The van der Waals surface area contributed by atoms with Gasteiger partial charge in [0, 0.05) is 25.8 Å². The number of nitrogens with one attached hydrogen (secondary N) is 1. The van der Waals surface area contributed by atoms with E-state index in [1.54, 1.807) is 19.1 Å². The second-order valence-electron chi connectivity index (χ2n) is 4.97. The minimum absolute atomic E-state index is 0.0227. The fourth-order valence-electron chi connectivity index (χ4n) is 2.15. The molecule has 1 aromatic heterocycles. The molecule has 1 atom stereocenters. The van der Waals surface area contributed by atoms with Crippen LogP contribution < -0.4 is 5.32 Å². The zero-order valence-corrected chi connectivity index (χ0v) is 11.9. The van der Waals surface area contributed by atoms with Crippen LogP contribution in [-0.2, 0) is 10.0 Å². The lowest BCUT2D eigenvalue weighted by molar-refractivity contribution is 0.0762. The summed E-state index contributed by atoms with van der Waals surface area (Å²) in [4.78, 5) is 3.99. The van der Waals surface area contributed by atoms with Gasteiger partial charge in [-0.25, -0.2) is 13.4 Å². The highest BCUT2D eigenvalue weighted by atomic mass is 32.2. The third-order valence-electron chi connectivity index (χ3n) is 3.14. The van der Waals surface area contributed by atoms with Gasteiger partial charge in [0.25, 0.3) is 10.0 Å². The molecule has 0 bridgehead atoms. The molecule has 6 nitrogen and oxygen atoms in total. The van der Waals surface area contributed by atoms with Gasteiger partial charge in [-0.2, -0.15) is 4.31 Å². The van der Waals surface area contributed by atoms with Crippen LogP contribution in [0, 0.1) is 0 Å². The zero-order chi connectivity index (χ0) is 14.1. The number of sulfonamides is 1. The number of nitrogens with zero attached hydrogens (tertiary/aromatic N) is 2. The number of hydrogen-bond acceptors (Lipinski definition) is 5. The molecule has 2 N–H and O–H groups in total. The summed E-state index contributed by atoms with van der Waals surface area (Å²) in [5, 5.41) is 12.9. The average Bonchev–Trinajstić information content (AvgIpc) is 2.71. The van der Waals surface area contributed by atoms with E-state index in [0.29, 0.717) is 25.2 Å². The molecule has 1 saturated heterocycles. The highest BCUT2D eigenvalue weighted by Crippen LogP contribution is 2.28. The van der Waals surface area contributed by atoms with Gasteiger partial charge in [-0.3, -0.25) is 0 Å². The topological polar surface area (TPSA) is 82.5 Å². The van der Waals surface area contributed by atoms with Crippen molar-refractivity contribution < 1.29 is 13.5 Å². The summed E-state index contributed by atoms with van der Waals surface area (Å²) < 4.78 is 26.3. The van der Waals surface area contributed by atoms with Gasteiger partial charge in [-0.1, -0.05) is 0 Å². The third kappa shape index (κ3) is 2.88. The summed E-state index contributed by atoms with van der Waals surface area (Å²) in [6.45, 7) is 4.58. The lowest BCUT2D eigenvalue weighted by Gasteiger charge is -2.19. The van der Waals surface area contributed by atoms with Crippen molar-refractivity contribution in [3.05, 3.63) is 18.3 Å². The maximum atomic E-state index is 12.5. The third-order valence-corrected chi connectivity index (χ3v) is 4.94. The average molecular weight is 285 g/mol. The highest BCUT2D eigenvalue weighted by Gasteiger charge is 2.39. The summed E-state index contributed by atoms with van der Waals surface area (Å²) in [5.74, 6) is 0. The van der Waals surface area contributed by atoms with Crippen molar-refractivity contribution in [1.82, 2.24) is 9.29 Å². The predicted molar refractivity (Wildman–Crippen MR) is 72.4 cm³/mol. The SMILES string of the molecule is CCNc1cccnc1S(=O)(=O)N1CCC(C)(O)C1. The molecule has 2 heterocycles. The molecule has 1 unspecified atom stereocenters. The number of rotatable bonds is 4. The van der Waals surface area contributed by atoms with Gasteiger partial charge in [0.15, 0.2) is 5.03 Å². The summed E-state index contributed by atoms with van der Waals surface area (Å²) in [6.07, 6.45) is 1.90. The first-order chi connectivity index (χ1) is 8.87. The van der Waals surface area contributed by atoms with E-state index < -0.39 is 15.6 Å². The molecule has 1 aliphatic heterocycles. The molecular weight excluding hydrogens is 266 g/mol. The maximum Gasteiger partial charge on any atom is 0.262 e. The smallest absolute Gasteiger partial charge is 0.262 e. The van der Waals surface area contributed by atoms with Crippen molar-refractivity contribution in [1.29, 1.82) is 0 Å². The molecule has 0 amide bonds. The van der Waals surface area contributed by atoms with E-state index in [0.717, 1.165) is 0 Å². The van der Waals surface area contributed by atoms with Crippen molar-refractivity contribution in [3.8, 4) is 0 Å². The van der Waals surface area contributed by atoms with E-state index in [2.05, 4.69) is 10.3 Å². The molecule has 0 saturated carbocycles. The van der Waals surface area contributed by atoms with Crippen LogP contribution in [0.25, 0.3) is 0 Å². The van der Waals surface area contributed by atoms with E-state index in [1.165, 1.54) is 10.5 Å². The Bertz CT molecular complexity index is 557. The number of β-amino-alcohol motifs (C(OH)–C–C–N with tert-alkyl or cyclic N) is 1. The van der Waals surface area contributed by atoms with Crippen LogP contribution in [0.15, 0.2) is 23.4 Å². The minimum atomic E-state index is -3.66. The van der Waals surface area contributed by atoms with Crippen LogP contribution in [0.4, 0.5) is 5.69 Å². The molecular formula is C12H19N3O3S. The number of anilines is 1. The molecule has 7 heteroatoms. The number of aliphatic hydroxyl groups is 1. The van der Waals surface area contributed by atoms with Gasteiger partial charge in [0.2, 0.25) is 0 Å². The first-order valence-corrected chi connectivity index (χ1v) is 7.72. The maximum absolute atomic E-state index is 12.5. The van der Waals surface area contributed by atoms with Crippen molar-refractivity contribution in [3.63, 3.8) is 0 Å². The molecule has 2 rings (SSSR count). The second-order valence-corrected chi connectivity index (χ2v) is 6.83. The van der Waals surface area contributed by atoms with Crippen LogP contribution in [0.1, 0.15) is 20.3 Å². The number of pyridine rings is 1. The van der Waals surface area contributed by atoms with Crippen LogP contribution in [0.5, 0.6) is 0 Å². The zero-order valence-electron chi connectivity index (χ0n) is 11.1. The number of aromatic nitrogens is 1. The first-order valence-electron chi connectivity index (χ1n) is 6.28. The molecule has 0 aliphatic carbocycles. The fourth-order valence-corrected chi connectivity index (χ4v) is 3.79. The van der Waals surface area contributed by atoms with Crippen LogP contribution in [0.2, 0.25) is 0 Å². The van der Waals surface area contributed by atoms with Crippen molar-refractivity contribution in [2.24, 2.45) is 0 Å². The van der Waals surface area contributed by atoms with Gasteiger partial charge in [-0.15, -0.1) is 0 Å². The second kappa shape index (κ2) is 5.07. The van der Waals surface area contributed by atoms with Crippen molar-refractivity contribution in [2.75, 3.05) is 25.0 Å². The van der Waals surface area contributed by atoms with Gasteiger partial charge in [-0.05, 0) is 32.4 Å². The molecule has 0 spiro atoms. The molecule has 106 valence electrons. The van der Waals surface area contributed by atoms with E-state index in [9.17, 15) is 13.5 Å². The quantitative estimate of drug-likeness (QED) is 0.849. The van der Waals surface area contributed by atoms with Gasteiger partial charge >= 0.3 is 0 Å². The Morgan fingerprint density at radius 1 is 1.58 bits per heavy atom. The first kappa shape index (κ1) is 14.2. The Kier molecular flexibility index (Phi) is 3.80. The van der Waals surface area contributed by atoms with Gasteiger partial charge in [0.1, 0.15) is 0 Å². The Morgan fingerprint density at radius 2 is 2.32 bits per heavy atom. The monoisotopic (exact) mass is 285 g/mol. The van der Waals surface area contributed by atoms with Gasteiger partial charge < -0.3 is 10.4 Å². The molecule has 0 aromatic carbocycles. The Balaban J connectivity index is 2.35. The standard InChI is InChI=1S/C12H19N3O3S/c1-3-13-10-5-4-7-14-11(10)19(17,18)15-8-6-12(2,16)9-15/h4-5,7,13,16H,3,6,8-9H2,1-2H3. The predicted octanol–water partition coefficient (Wildman–Crippen LogP) is 0.659. The highest BCUT2D eigenvalue weighted by molar-refractivity contribution is 7.89. The van der Waals surface area contributed by atoms with Crippen LogP contribution in [0.3, 0.4) is 0 Å². The normalized spacial score (nSPS) is 24.6. The van der Waals surface area contributed by atoms with Crippen LogP contribution in [-0.4, -0.2) is 48.0 Å². The van der Waals surface area contributed by atoms with E-state index in [4.69, 9.17) is 0 Å². The van der Waals surface area contributed by atoms with Crippen LogP contribution >= 0.6 is 0 Å². The number of hydrogen-bond donors (Lipinski definition) is 2. The molecule has 1 fully saturated rings. The summed E-state index contributed by atoms with van der Waals surface area (Å²) in [7, 11) is -3.66. The molecule has 0 radical (unpaired) electrons.